The van der Waals surface area contributed by atoms with Crippen molar-refractivity contribution in [1.82, 2.24) is 5.32 Å². The first-order valence-corrected chi connectivity index (χ1v) is 8.41. The maximum atomic E-state index is 9.03. The van der Waals surface area contributed by atoms with Gasteiger partial charge in [-0.05, 0) is 30.3 Å². The van der Waals surface area contributed by atoms with Gasteiger partial charge in [-0.3, -0.25) is 0 Å². The fraction of sp³-hybridized carbons (Fsp3) is 0.333. The van der Waals surface area contributed by atoms with E-state index in [1.54, 1.807) is 0 Å². The van der Waals surface area contributed by atoms with Crippen LogP contribution in [0.25, 0.3) is 0 Å². The lowest BCUT2D eigenvalue weighted by atomic mass is 9.98. The van der Waals surface area contributed by atoms with E-state index in [-0.39, 0.29) is 12.6 Å². The summed E-state index contributed by atoms with van der Waals surface area (Å²) in [6.45, 7) is 0.254. The third-order valence-corrected chi connectivity index (χ3v) is 4.93. The fourth-order valence-electron chi connectivity index (χ4n) is 2.46. The van der Waals surface area contributed by atoms with Gasteiger partial charge in [-0.25, -0.2) is 0 Å². The molecule has 0 aliphatic heterocycles. The monoisotopic (exact) mass is 301 g/mol. The molecule has 2 nitrogen and oxygen atoms in total. The topological polar surface area (TPSA) is 32.3 Å². The lowest BCUT2D eigenvalue weighted by Crippen LogP contribution is -2.22. The van der Waals surface area contributed by atoms with E-state index in [2.05, 4.69) is 59.9 Å². The molecule has 0 aliphatic carbocycles. The van der Waals surface area contributed by atoms with E-state index >= 15 is 0 Å². The quantitative estimate of drug-likeness (QED) is 0.727. The predicted molar refractivity (Wildman–Crippen MR) is 91.6 cm³/mol. The molecule has 0 spiro atoms. The summed E-state index contributed by atoms with van der Waals surface area (Å²) < 4.78 is 0. The van der Waals surface area contributed by atoms with Gasteiger partial charge >= 0.3 is 0 Å². The number of aliphatic hydroxyl groups excluding tert-OH is 1. The Morgan fingerprint density at radius 3 is 2.05 bits per heavy atom. The minimum Gasteiger partial charge on any atom is -0.396 e. The molecule has 0 saturated carbocycles. The highest BCUT2D eigenvalue weighted by atomic mass is 32.2. The molecule has 2 unspecified atom stereocenters. The zero-order valence-electron chi connectivity index (χ0n) is 12.4. The van der Waals surface area contributed by atoms with E-state index in [1.165, 1.54) is 11.1 Å². The Morgan fingerprint density at radius 2 is 1.52 bits per heavy atom. The van der Waals surface area contributed by atoms with Crippen molar-refractivity contribution in [3.8, 4) is 0 Å². The Labute approximate surface area is 131 Å². The van der Waals surface area contributed by atoms with Crippen LogP contribution in [0.1, 0.15) is 28.8 Å². The summed E-state index contributed by atoms with van der Waals surface area (Å²) >= 11 is 1.90. The van der Waals surface area contributed by atoms with Gasteiger partial charge in [0.1, 0.15) is 0 Å². The Balaban J connectivity index is 2.24. The Morgan fingerprint density at radius 1 is 0.952 bits per heavy atom. The molecule has 0 fully saturated rings. The maximum absolute atomic E-state index is 9.03. The summed E-state index contributed by atoms with van der Waals surface area (Å²) in [7, 11) is 2.01. The van der Waals surface area contributed by atoms with Crippen molar-refractivity contribution in [2.24, 2.45) is 0 Å². The van der Waals surface area contributed by atoms with Gasteiger partial charge in [-0.1, -0.05) is 60.7 Å². The molecule has 0 bridgehead atoms. The van der Waals surface area contributed by atoms with Gasteiger partial charge < -0.3 is 10.4 Å². The van der Waals surface area contributed by atoms with Crippen LogP contribution >= 0.6 is 11.8 Å². The molecule has 0 heterocycles. The van der Waals surface area contributed by atoms with Gasteiger partial charge in [0.2, 0.25) is 0 Å². The van der Waals surface area contributed by atoms with Gasteiger partial charge in [0.15, 0.2) is 0 Å². The first-order chi connectivity index (χ1) is 10.4. The molecule has 0 aromatic heterocycles. The van der Waals surface area contributed by atoms with Crippen molar-refractivity contribution in [3.63, 3.8) is 0 Å². The second-order valence-corrected chi connectivity index (χ2v) is 6.21. The largest absolute Gasteiger partial charge is 0.396 e. The molecular weight excluding hydrogens is 278 g/mol. The van der Waals surface area contributed by atoms with Gasteiger partial charge in [0, 0.05) is 17.9 Å². The highest BCUT2D eigenvalue weighted by Crippen LogP contribution is 2.40. The number of hydrogen-bond donors (Lipinski definition) is 2. The third-order valence-electron chi connectivity index (χ3n) is 3.50. The van der Waals surface area contributed by atoms with Crippen molar-refractivity contribution < 1.29 is 5.11 Å². The van der Waals surface area contributed by atoms with Crippen molar-refractivity contribution in [2.75, 3.05) is 19.4 Å². The average Bonchev–Trinajstić information content (AvgIpc) is 2.56. The smallest absolute Gasteiger partial charge is 0.0492 e. The van der Waals surface area contributed by atoms with Crippen LogP contribution in [0.3, 0.4) is 0 Å². The zero-order chi connectivity index (χ0) is 14.9. The van der Waals surface area contributed by atoms with Crippen molar-refractivity contribution in [3.05, 3.63) is 71.8 Å². The third kappa shape index (κ3) is 4.60. The summed E-state index contributed by atoms with van der Waals surface area (Å²) in [5.41, 5.74) is 2.62. The normalized spacial score (nSPS) is 13.8. The van der Waals surface area contributed by atoms with Gasteiger partial charge in [0.25, 0.3) is 0 Å². The van der Waals surface area contributed by atoms with Gasteiger partial charge in [0.05, 0.1) is 0 Å². The summed E-state index contributed by atoms with van der Waals surface area (Å²) in [5.74, 6) is 0.959. The number of aliphatic hydroxyl groups is 1. The van der Waals surface area contributed by atoms with E-state index in [0.717, 1.165) is 12.2 Å². The number of benzene rings is 2. The lowest BCUT2D eigenvalue weighted by molar-refractivity contribution is 0.296. The fourth-order valence-corrected chi connectivity index (χ4v) is 3.84. The highest BCUT2D eigenvalue weighted by Gasteiger charge is 2.23. The molecule has 3 heteroatoms. The molecule has 2 N–H and O–H groups in total. The van der Waals surface area contributed by atoms with Crippen LogP contribution in [0.4, 0.5) is 0 Å². The Kier molecular flexibility index (Phi) is 6.80. The van der Waals surface area contributed by atoms with Crippen LogP contribution in [-0.4, -0.2) is 24.5 Å². The van der Waals surface area contributed by atoms with Crippen LogP contribution in [0.5, 0.6) is 0 Å². The number of thioether (sulfide) groups is 1. The van der Waals surface area contributed by atoms with Crippen LogP contribution in [0.2, 0.25) is 0 Å². The van der Waals surface area contributed by atoms with Gasteiger partial charge in [-0.2, -0.15) is 11.8 Å². The molecule has 0 saturated heterocycles. The van der Waals surface area contributed by atoms with Crippen LogP contribution in [0.15, 0.2) is 60.7 Å². The molecule has 0 aliphatic rings. The van der Waals surface area contributed by atoms with Crippen molar-refractivity contribution in [2.45, 2.75) is 17.7 Å². The summed E-state index contributed by atoms with van der Waals surface area (Å²) in [6.07, 6.45) is 0.833. The minimum absolute atomic E-state index is 0.254. The van der Waals surface area contributed by atoms with Crippen molar-refractivity contribution in [1.29, 1.82) is 0 Å². The molecule has 112 valence electrons. The molecule has 2 rings (SSSR count). The maximum Gasteiger partial charge on any atom is 0.0492 e. The highest BCUT2D eigenvalue weighted by molar-refractivity contribution is 7.99. The SMILES string of the molecule is CNC(c1ccccc1)C(SCCCO)c1ccccc1. The summed E-state index contributed by atoms with van der Waals surface area (Å²) in [6, 6.07) is 21.4. The molecule has 2 aromatic rings. The number of nitrogens with one attached hydrogen (secondary N) is 1. The predicted octanol–water partition coefficient (Wildman–Crippen LogP) is 3.80. The van der Waals surface area contributed by atoms with Crippen molar-refractivity contribution >= 4 is 11.8 Å². The standard InChI is InChI=1S/C18H23NOS/c1-19-17(15-9-4-2-5-10-15)18(21-14-8-13-20)16-11-6-3-7-12-16/h2-7,9-12,17-20H,8,13-14H2,1H3. The van der Waals surface area contributed by atoms with Crippen LogP contribution in [-0.2, 0) is 0 Å². The molecule has 2 atom stereocenters. The van der Waals surface area contributed by atoms with Crippen LogP contribution in [0, 0.1) is 0 Å². The van der Waals surface area contributed by atoms with Gasteiger partial charge in [-0.15, -0.1) is 0 Å². The second kappa shape index (κ2) is 8.88. The van der Waals surface area contributed by atoms with E-state index in [0.29, 0.717) is 5.25 Å². The van der Waals surface area contributed by atoms with E-state index < -0.39 is 0 Å². The van der Waals surface area contributed by atoms with Crippen LogP contribution < -0.4 is 5.32 Å². The first-order valence-electron chi connectivity index (χ1n) is 7.36. The molecule has 2 aromatic carbocycles. The van der Waals surface area contributed by atoms with E-state index in [9.17, 15) is 0 Å². The second-order valence-electron chi connectivity index (χ2n) is 4.96. The lowest BCUT2D eigenvalue weighted by Gasteiger charge is -2.27. The summed E-state index contributed by atoms with van der Waals surface area (Å²) in [5, 5.41) is 12.8. The zero-order valence-corrected chi connectivity index (χ0v) is 13.2. The Bertz CT molecular complexity index is 503. The number of hydrogen-bond acceptors (Lipinski definition) is 3. The Hall–Kier alpha value is -1.29. The van der Waals surface area contributed by atoms with E-state index in [4.69, 9.17) is 5.11 Å². The first kappa shape index (κ1) is 16.1. The molecule has 0 radical (unpaired) electrons. The summed E-state index contributed by atoms with van der Waals surface area (Å²) in [4.78, 5) is 0. The number of rotatable bonds is 8. The number of likely N-dealkylation sites (N-methyl/N-ethyl adjacent to an activating group) is 1. The average molecular weight is 301 g/mol. The molecule has 0 amide bonds. The molecular formula is C18H23NOS. The molecule has 21 heavy (non-hydrogen) atoms. The minimum atomic E-state index is 0.254. The van der Waals surface area contributed by atoms with E-state index in [1.807, 2.05) is 24.9 Å².